The number of halogens is 3. The van der Waals surface area contributed by atoms with Crippen LogP contribution in [0.15, 0.2) is 24.3 Å². The maximum atomic E-state index is 13.6. The van der Waals surface area contributed by atoms with E-state index in [0.717, 1.165) is 0 Å². The average Bonchev–Trinajstić information content (AvgIpc) is 2.37. The minimum absolute atomic E-state index is 0.0612. The van der Waals surface area contributed by atoms with Crippen LogP contribution in [-0.2, 0) is 6.42 Å². The first kappa shape index (κ1) is 12.5. The van der Waals surface area contributed by atoms with Crippen LogP contribution in [0.25, 0.3) is 10.8 Å². The number of fused-ring (bicyclic) bond motifs is 1. The molecule has 0 N–H and O–H groups in total. The Morgan fingerprint density at radius 2 is 2.00 bits per heavy atom. The van der Waals surface area contributed by atoms with Gasteiger partial charge in [-0.1, -0.05) is 18.9 Å². The van der Waals surface area contributed by atoms with Crippen molar-refractivity contribution in [3.05, 3.63) is 46.8 Å². The van der Waals surface area contributed by atoms with Gasteiger partial charge < -0.3 is 0 Å². The molecular formula is C15H11F3. The van der Waals surface area contributed by atoms with Gasteiger partial charge in [0.2, 0.25) is 0 Å². The Balaban J connectivity index is 2.88. The SMILES string of the molecule is C#Cc1c(F)ccc2cc(C(F)F)cc(CC)c12. The van der Waals surface area contributed by atoms with Gasteiger partial charge in [0.05, 0.1) is 5.56 Å². The van der Waals surface area contributed by atoms with Crippen molar-refractivity contribution in [2.75, 3.05) is 0 Å². The van der Waals surface area contributed by atoms with E-state index in [-0.39, 0.29) is 11.1 Å². The summed E-state index contributed by atoms with van der Waals surface area (Å²) in [5.41, 5.74) is 0.731. The van der Waals surface area contributed by atoms with E-state index < -0.39 is 12.2 Å². The van der Waals surface area contributed by atoms with Crippen LogP contribution in [-0.4, -0.2) is 0 Å². The van der Waals surface area contributed by atoms with Gasteiger partial charge >= 0.3 is 0 Å². The van der Waals surface area contributed by atoms with E-state index in [0.29, 0.717) is 22.8 Å². The third kappa shape index (κ3) is 1.95. The highest BCUT2D eigenvalue weighted by Gasteiger charge is 2.14. The number of aryl methyl sites for hydroxylation is 1. The van der Waals surface area contributed by atoms with Gasteiger partial charge in [-0.2, -0.15) is 0 Å². The van der Waals surface area contributed by atoms with E-state index in [2.05, 4.69) is 5.92 Å². The smallest absolute Gasteiger partial charge is 0.206 e. The van der Waals surface area contributed by atoms with Gasteiger partial charge in [-0.25, -0.2) is 13.2 Å². The molecule has 0 aliphatic rings. The highest BCUT2D eigenvalue weighted by Crippen LogP contribution is 2.30. The lowest BCUT2D eigenvalue weighted by Gasteiger charge is -2.11. The second-order valence-electron chi connectivity index (χ2n) is 4.00. The first-order valence-corrected chi connectivity index (χ1v) is 5.58. The van der Waals surface area contributed by atoms with Crippen molar-refractivity contribution in [2.24, 2.45) is 0 Å². The number of benzene rings is 2. The molecule has 0 saturated heterocycles. The lowest BCUT2D eigenvalue weighted by molar-refractivity contribution is 0.151. The molecule has 0 radical (unpaired) electrons. The monoisotopic (exact) mass is 248 g/mol. The predicted molar refractivity (Wildman–Crippen MR) is 66.2 cm³/mol. The van der Waals surface area contributed by atoms with Gasteiger partial charge in [-0.3, -0.25) is 0 Å². The maximum Gasteiger partial charge on any atom is 0.263 e. The molecule has 3 heteroatoms. The summed E-state index contributed by atoms with van der Waals surface area (Å²) in [5, 5.41) is 1.11. The number of terminal acetylenes is 1. The van der Waals surface area contributed by atoms with Crippen LogP contribution in [0.1, 0.15) is 30.0 Å². The van der Waals surface area contributed by atoms with Crippen LogP contribution in [0.5, 0.6) is 0 Å². The summed E-state index contributed by atoms with van der Waals surface area (Å²) in [7, 11) is 0. The quantitative estimate of drug-likeness (QED) is 0.688. The Labute approximate surface area is 103 Å². The standard InChI is InChI=1S/C15H11F3/c1-3-9-7-11(15(17)18)8-10-5-6-13(16)12(4-2)14(9)10/h2,5-8,15H,3H2,1H3. The molecule has 0 fully saturated rings. The normalized spacial score (nSPS) is 10.9. The molecule has 18 heavy (non-hydrogen) atoms. The number of hydrogen-bond donors (Lipinski definition) is 0. The van der Waals surface area contributed by atoms with E-state index in [1.54, 1.807) is 0 Å². The second-order valence-corrected chi connectivity index (χ2v) is 4.00. The van der Waals surface area contributed by atoms with E-state index in [1.165, 1.54) is 24.3 Å². The summed E-state index contributed by atoms with van der Waals surface area (Å²) in [6, 6.07) is 5.45. The van der Waals surface area contributed by atoms with Crippen molar-refractivity contribution in [1.82, 2.24) is 0 Å². The molecule has 0 aliphatic carbocycles. The van der Waals surface area contributed by atoms with E-state index >= 15 is 0 Å². The summed E-state index contributed by atoms with van der Waals surface area (Å²) < 4.78 is 39.1. The number of hydrogen-bond acceptors (Lipinski definition) is 0. The van der Waals surface area contributed by atoms with Crippen LogP contribution in [0, 0.1) is 18.2 Å². The van der Waals surface area contributed by atoms with E-state index in [9.17, 15) is 13.2 Å². The minimum Gasteiger partial charge on any atom is -0.206 e. The van der Waals surface area contributed by atoms with Gasteiger partial charge in [-0.05, 0) is 35.6 Å². The summed E-state index contributed by atoms with van der Waals surface area (Å²) in [6.07, 6.45) is 3.28. The van der Waals surface area contributed by atoms with Crippen LogP contribution in [0.3, 0.4) is 0 Å². The first-order valence-electron chi connectivity index (χ1n) is 5.58. The Morgan fingerprint density at radius 3 is 2.56 bits per heavy atom. The van der Waals surface area contributed by atoms with Crippen molar-refractivity contribution in [2.45, 2.75) is 19.8 Å². The van der Waals surface area contributed by atoms with Gasteiger partial charge in [0.15, 0.2) is 0 Å². The topological polar surface area (TPSA) is 0 Å². The fourth-order valence-electron chi connectivity index (χ4n) is 2.10. The zero-order valence-corrected chi connectivity index (χ0v) is 9.81. The molecule has 0 spiro atoms. The lowest BCUT2D eigenvalue weighted by atomic mass is 9.95. The molecule has 0 amide bonds. The Kier molecular flexibility index (Phi) is 3.29. The van der Waals surface area contributed by atoms with Gasteiger partial charge in [0.25, 0.3) is 6.43 Å². The summed E-state index contributed by atoms with van der Waals surface area (Å²) in [5.74, 6) is 1.80. The number of alkyl halides is 2. The Hall–Kier alpha value is -1.95. The zero-order valence-electron chi connectivity index (χ0n) is 9.81. The van der Waals surface area contributed by atoms with Gasteiger partial charge in [0.1, 0.15) is 5.82 Å². The van der Waals surface area contributed by atoms with Gasteiger partial charge in [0, 0.05) is 10.9 Å². The third-order valence-corrected chi connectivity index (χ3v) is 2.95. The predicted octanol–water partition coefficient (Wildman–Crippen LogP) is 4.46. The lowest BCUT2D eigenvalue weighted by Crippen LogP contribution is -1.95. The summed E-state index contributed by atoms with van der Waals surface area (Å²) in [6.45, 7) is 1.83. The van der Waals surface area contributed by atoms with Crippen molar-refractivity contribution >= 4 is 10.8 Å². The molecule has 0 unspecified atom stereocenters. The van der Waals surface area contributed by atoms with Gasteiger partial charge in [-0.15, -0.1) is 6.42 Å². The van der Waals surface area contributed by atoms with E-state index in [4.69, 9.17) is 6.42 Å². The molecular weight excluding hydrogens is 237 g/mol. The summed E-state index contributed by atoms with van der Waals surface area (Å²) >= 11 is 0. The molecule has 0 nitrogen and oxygen atoms in total. The molecule has 0 saturated carbocycles. The largest absolute Gasteiger partial charge is 0.263 e. The first-order chi connectivity index (χ1) is 8.58. The summed E-state index contributed by atoms with van der Waals surface area (Å²) in [4.78, 5) is 0. The molecule has 0 atom stereocenters. The zero-order chi connectivity index (χ0) is 13.3. The molecule has 0 aliphatic heterocycles. The van der Waals surface area contributed by atoms with E-state index in [1.807, 2.05) is 6.92 Å². The van der Waals surface area contributed by atoms with Crippen LogP contribution >= 0.6 is 0 Å². The van der Waals surface area contributed by atoms with Crippen LogP contribution < -0.4 is 0 Å². The second kappa shape index (κ2) is 4.73. The Bertz CT molecular complexity index is 636. The molecule has 92 valence electrons. The molecule has 0 heterocycles. The fraction of sp³-hybridized carbons (Fsp3) is 0.200. The van der Waals surface area contributed by atoms with Crippen molar-refractivity contribution in [1.29, 1.82) is 0 Å². The highest BCUT2D eigenvalue weighted by atomic mass is 19.3. The van der Waals surface area contributed by atoms with Crippen LogP contribution in [0.2, 0.25) is 0 Å². The van der Waals surface area contributed by atoms with Crippen molar-refractivity contribution < 1.29 is 13.2 Å². The fourth-order valence-corrected chi connectivity index (χ4v) is 2.10. The minimum atomic E-state index is -2.54. The molecule has 2 aromatic rings. The van der Waals surface area contributed by atoms with Crippen LogP contribution in [0.4, 0.5) is 13.2 Å². The van der Waals surface area contributed by atoms with Crippen molar-refractivity contribution in [3.8, 4) is 12.3 Å². The third-order valence-electron chi connectivity index (χ3n) is 2.95. The molecule has 0 bridgehead atoms. The highest BCUT2D eigenvalue weighted by molar-refractivity contribution is 5.92. The maximum absolute atomic E-state index is 13.6. The Morgan fingerprint density at radius 1 is 1.28 bits per heavy atom. The molecule has 0 aromatic heterocycles. The van der Waals surface area contributed by atoms with Crippen molar-refractivity contribution in [3.63, 3.8) is 0 Å². The average molecular weight is 248 g/mol. The molecule has 2 rings (SSSR count). The molecule has 2 aromatic carbocycles. The number of rotatable bonds is 2.